The van der Waals surface area contributed by atoms with Crippen molar-refractivity contribution in [1.82, 2.24) is 0 Å². The third-order valence-electron chi connectivity index (χ3n) is 9.12. The topological polar surface area (TPSA) is 72.8 Å². The van der Waals surface area contributed by atoms with E-state index in [1.54, 1.807) is 0 Å². The molecule has 0 aromatic heterocycles. The van der Waals surface area contributed by atoms with Crippen molar-refractivity contribution >= 4 is 11.9 Å². The lowest BCUT2D eigenvalue weighted by Gasteiger charge is -2.60. The average Bonchev–Trinajstić information content (AvgIpc) is 2.76. The van der Waals surface area contributed by atoms with Gasteiger partial charge in [0.05, 0.1) is 18.6 Å². The van der Waals surface area contributed by atoms with Gasteiger partial charge < -0.3 is 14.6 Å². The van der Waals surface area contributed by atoms with Crippen molar-refractivity contribution in [3.63, 3.8) is 0 Å². The zero-order valence-corrected chi connectivity index (χ0v) is 20.8. The lowest BCUT2D eigenvalue weighted by molar-refractivity contribution is -0.162. The standard InChI is InChI=1S/C27H42O5/c1-8-17(3)24(30)31-16-26(6)15-13-22(29)27(7)20-12-14-25(5,9-2)23(32-18(4)28)19(20)10-11-21(26)27/h9,17,21-23,29H,2,8,10-16H2,1,3-7H3/t17?,21-,22-,23-,25+,26-,27+/m0/s1. The predicted octanol–water partition coefficient (Wildman–Crippen LogP) is 5.37. The monoisotopic (exact) mass is 446 g/mol. The van der Waals surface area contributed by atoms with Gasteiger partial charge in [0.15, 0.2) is 0 Å². The maximum Gasteiger partial charge on any atom is 0.308 e. The summed E-state index contributed by atoms with van der Waals surface area (Å²) in [5.41, 5.74) is 1.52. The van der Waals surface area contributed by atoms with Gasteiger partial charge in [0.25, 0.3) is 0 Å². The highest BCUT2D eigenvalue weighted by atomic mass is 16.5. The van der Waals surface area contributed by atoms with Crippen molar-refractivity contribution in [1.29, 1.82) is 0 Å². The van der Waals surface area contributed by atoms with Gasteiger partial charge in [-0.2, -0.15) is 0 Å². The summed E-state index contributed by atoms with van der Waals surface area (Å²) in [6.07, 6.45) is 6.84. The molecule has 0 bridgehead atoms. The van der Waals surface area contributed by atoms with Gasteiger partial charge in [-0.15, -0.1) is 6.58 Å². The van der Waals surface area contributed by atoms with Crippen molar-refractivity contribution in [2.24, 2.45) is 28.1 Å². The Kier molecular flexibility index (Phi) is 7.01. The molecule has 1 fully saturated rings. The van der Waals surface area contributed by atoms with Gasteiger partial charge in [0.2, 0.25) is 0 Å². The van der Waals surface area contributed by atoms with Gasteiger partial charge in [-0.1, -0.05) is 46.3 Å². The van der Waals surface area contributed by atoms with Gasteiger partial charge in [0.1, 0.15) is 6.10 Å². The van der Waals surface area contributed by atoms with Gasteiger partial charge in [0, 0.05) is 23.2 Å². The molecule has 5 heteroatoms. The smallest absolute Gasteiger partial charge is 0.308 e. The second kappa shape index (κ2) is 8.96. The summed E-state index contributed by atoms with van der Waals surface area (Å²) in [4.78, 5) is 24.4. The van der Waals surface area contributed by atoms with Crippen LogP contribution in [0.4, 0.5) is 0 Å². The molecule has 1 saturated carbocycles. The number of aliphatic hydroxyl groups is 1. The number of aliphatic hydroxyl groups excluding tert-OH is 1. The van der Waals surface area contributed by atoms with E-state index < -0.39 is 11.5 Å². The van der Waals surface area contributed by atoms with Gasteiger partial charge in [-0.3, -0.25) is 9.59 Å². The Morgan fingerprint density at radius 2 is 1.91 bits per heavy atom. The highest BCUT2D eigenvalue weighted by Gasteiger charge is 2.59. The van der Waals surface area contributed by atoms with Crippen LogP contribution >= 0.6 is 0 Å². The molecule has 3 aliphatic rings. The van der Waals surface area contributed by atoms with Gasteiger partial charge in [-0.05, 0) is 56.4 Å². The third-order valence-corrected chi connectivity index (χ3v) is 9.12. The molecule has 0 spiro atoms. The van der Waals surface area contributed by atoms with Crippen LogP contribution in [0, 0.1) is 28.1 Å². The molecule has 0 aliphatic heterocycles. The molecule has 180 valence electrons. The molecular formula is C27H42O5. The first-order chi connectivity index (χ1) is 14.9. The van der Waals surface area contributed by atoms with E-state index in [9.17, 15) is 14.7 Å². The Morgan fingerprint density at radius 3 is 2.50 bits per heavy atom. The number of hydrogen-bond donors (Lipinski definition) is 1. The number of esters is 2. The van der Waals surface area contributed by atoms with Crippen LogP contribution in [0.15, 0.2) is 23.8 Å². The lowest BCUT2D eigenvalue weighted by Crippen LogP contribution is -2.57. The summed E-state index contributed by atoms with van der Waals surface area (Å²) in [7, 11) is 0. The van der Waals surface area contributed by atoms with Crippen LogP contribution in [-0.2, 0) is 19.1 Å². The minimum Gasteiger partial charge on any atom is -0.465 e. The molecule has 0 amide bonds. The summed E-state index contributed by atoms with van der Waals surface area (Å²) in [5, 5.41) is 11.3. The van der Waals surface area contributed by atoms with Crippen LogP contribution in [0.2, 0.25) is 0 Å². The first kappa shape index (κ1) is 25.0. The maximum atomic E-state index is 12.4. The Hall–Kier alpha value is -1.62. The SMILES string of the molecule is C=C[C@]1(C)CCC2=C(CC[C@H]3[C@](C)(COC(=O)C(C)CC)CC[C@H](O)[C@]23C)[C@@H]1OC(C)=O. The fourth-order valence-corrected chi connectivity index (χ4v) is 6.69. The Bertz CT molecular complexity index is 800. The summed E-state index contributed by atoms with van der Waals surface area (Å²) in [6.45, 7) is 16.3. The van der Waals surface area contributed by atoms with Crippen molar-refractivity contribution in [3.8, 4) is 0 Å². The van der Waals surface area contributed by atoms with Crippen LogP contribution in [0.1, 0.15) is 86.5 Å². The number of carbonyl (C=O) groups excluding carboxylic acids is 2. The van der Waals surface area contributed by atoms with Crippen LogP contribution in [0.3, 0.4) is 0 Å². The molecule has 1 unspecified atom stereocenters. The minimum atomic E-state index is -0.456. The second-order valence-corrected chi connectivity index (χ2v) is 11.2. The normalized spacial score (nSPS) is 40.0. The van der Waals surface area contributed by atoms with E-state index in [4.69, 9.17) is 9.47 Å². The summed E-state index contributed by atoms with van der Waals surface area (Å²) in [5.74, 6) is -0.311. The Morgan fingerprint density at radius 1 is 1.22 bits per heavy atom. The first-order valence-corrected chi connectivity index (χ1v) is 12.3. The molecule has 0 saturated heterocycles. The molecule has 0 heterocycles. The maximum absolute atomic E-state index is 12.4. The molecule has 0 aromatic rings. The van der Waals surface area contributed by atoms with Crippen LogP contribution < -0.4 is 0 Å². The van der Waals surface area contributed by atoms with Crippen LogP contribution in [0.25, 0.3) is 0 Å². The molecule has 5 nitrogen and oxygen atoms in total. The molecular weight excluding hydrogens is 404 g/mol. The van der Waals surface area contributed by atoms with Gasteiger partial charge >= 0.3 is 11.9 Å². The van der Waals surface area contributed by atoms with E-state index in [0.29, 0.717) is 13.0 Å². The van der Waals surface area contributed by atoms with Crippen molar-refractivity contribution < 1.29 is 24.2 Å². The predicted molar refractivity (Wildman–Crippen MR) is 125 cm³/mol. The summed E-state index contributed by atoms with van der Waals surface area (Å²) < 4.78 is 11.7. The zero-order valence-electron chi connectivity index (χ0n) is 20.8. The molecule has 7 atom stereocenters. The number of carbonyl (C=O) groups is 2. The molecule has 0 aromatic carbocycles. The zero-order chi connectivity index (χ0) is 23.9. The number of hydrogen-bond acceptors (Lipinski definition) is 5. The lowest BCUT2D eigenvalue weighted by atomic mass is 9.46. The number of rotatable bonds is 6. The van der Waals surface area contributed by atoms with Crippen LogP contribution in [0.5, 0.6) is 0 Å². The molecule has 1 N–H and O–H groups in total. The largest absolute Gasteiger partial charge is 0.465 e. The number of ether oxygens (including phenoxy) is 2. The second-order valence-electron chi connectivity index (χ2n) is 11.2. The average molecular weight is 447 g/mol. The fourth-order valence-electron chi connectivity index (χ4n) is 6.69. The Labute approximate surface area is 193 Å². The van der Waals surface area contributed by atoms with E-state index in [0.717, 1.165) is 38.5 Å². The molecule has 32 heavy (non-hydrogen) atoms. The van der Waals surface area contributed by atoms with E-state index >= 15 is 0 Å². The minimum absolute atomic E-state index is 0.0979. The molecule has 3 aliphatic carbocycles. The van der Waals surface area contributed by atoms with E-state index in [2.05, 4.69) is 27.4 Å². The summed E-state index contributed by atoms with van der Waals surface area (Å²) >= 11 is 0. The Balaban J connectivity index is 1.98. The van der Waals surface area contributed by atoms with Gasteiger partial charge in [-0.25, -0.2) is 0 Å². The quantitative estimate of drug-likeness (QED) is 0.439. The highest BCUT2D eigenvalue weighted by Crippen LogP contribution is 2.63. The summed E-state index contributed by atoms with van der Waals surface area (Å²) in [6, 6.07) is 0. The highest BCUT2D eigenvalue weighted by molar-refractivity contribution is 5.71. The fraction of sp³-hybridized carbons (Fsp3) is 0.778. The van der Waals surface area contributed by atoms with Crippen molar-refractivity contribution in [3.05, 3.63) is 23.8 Å². The first-order valence-electron chi connectivity index (χ1n) is 12.3. The molecule has 0 radical (unpaired) electrons. The van der Waals surface area contributed by atoms with Crippen molar-refractivity contribution in [2.45, 2.75) is 98.7 Å². The van der Waals surface area contributed by atoms with E-state index in [-0.39, 0.29) is 40.7 Å². The van der Waals surface area contributed by atoms with Crippen molar-refractivity contribution in [2.75, 3.05) is 6.61 Å². The van der Waals surface area contributed by atoms with Crippen LogP contribution in [-0.4, -0.2) is 35.9 Å². The van der Waals surface area contributed by atoms with E-state index in [1.165, 1.54) is 18.1 Å². The third kappa shape index (κ3) is 4.06. The number of fused-ring (bicyclic) bond motifs is 2. The molecule has 3 rings (SSSR count). The van der Waals surface area contributed by atoms with E-state index in [1.807, 2.05) is 19.9 Å².